The van der Waals surface area contributed by atoms with E-state index in [1.165, 1.54) is 11.8 Å². The fourth-order valence-electron chi connectivity index (χ4n) is 2.42. The van der Waals surface area contributed by atoms with Crippen LogP contribution in [0.2, 0.25) is 5.02 Å². The maximum Gasteiger partial charge on any atom is 0.276 e. The summed E-state index contributed by atoms with van der Waals surface area (Å²) in [6, 6.07) is 12.9. The van der Waals surface area contributed by atoms with E-state index in [0.717, 1.165) is 10.2 Å². The number of thioether (sulfide) groups is 1. The second kappa shape index (κ2) is 8.41. The summed E-state index contributed by atoms with van der Waals surface area (Å²) in [4.78, 5) is 0. The lowest BCUT2D eigenvalue weighted by Crippen LogP contribution is -2.21. The van der Waals surface area contributed by atoms with Gasteiger partial charge < -0.3 is 18.6 Å². The first-order valence-corrected chi connectivity index (χ1v) is 10.3. The predicted molar refractivity (Wildman–Crippen MR) is 105 cm³/mol. The minimum absolute atomic E-state index is 0.330. The molecule has 0 bridgehead atoms. The minimum Gasteiger partial charge on any atom is -0.492 e. The monoisotopic (exact) mass is 468 g/mol. The van der Waals surface area contributed by atoms with Crippen molar-refractivity contribution in [3.8, 4) is 17.2 Å². The lowest BCUT2D eigenvalue weighted by molar-refractivity contribution is 0.0686. The van der Waals surface area contributed by atoms with Crippen LogP contribution in [0.1, 0.15) is 12.0 Å². The highest BCUT2D eigenvalue weighted by Gasteiger charge is 2.27. The van der Waals surface area contributed by atoms with E-state index in [2.05, 4.69) is 26.1 Å². The van der Waals surface area contributed by atoms with Crippen molar-refractivity contribution in [2.45, 2.75) is 11.3 Å². The Morgan fingerprint density at radius 2 is 2.04 bits per heavy atom. The molecule has 3 aromatic rings. The number of aromatic nitrogens is 2. The van der Waals surface area contributed by atoms with Gasteiger partial charge in [0.2, 0.25) is 6.10 Å². The number of hydrogen-bond acceptors (Lipinski definition) is 7. The van der Waals surface area contributed by atoms with Gasteiger partial charge in [0.15, 0.2) is 11.5 Å². The molecule has 0 saturated carbocycles. The van der Waals surface area contributed by atoms with Gasteiger partial charge in [-0.15, -0.1) is 10.2 Å². The standard InChI is InChI=1S/C18H14BrClN2O4S/c19-12-9-11(20)5-6-13(12)23-7-8-27-18-22-21-17(26-18)16-10-24-14-3-1-2-4-15(14)25-16/h1-6,9,16H,7-8,10H2. The molecular weight excluding hydrogens is 456 g/mol. The smallest absolute Gasteiger partial charge is 0.276 e. The summed E-state index contributed by atoms with van der Waals surface area (Å²) in [5.41, 5.74) is 0. The number of para-hydroxylation sites is 2. The quantitative estimate of drug-likeness (QED) is 0.364. The zero-order chi connectivity index (χ0) is 18.6. The number of fused-ring (bicyclic) bond motifs is 1. The van der Waals surface area contributed by atoms with Crippen LogP contribution in [0, 0.1) is 0 Å². The average Bonchev–Trinajstić information content (AvgIpc) is 3.15. The molecular formula is C18H14BrClN2O4S. The summed E-state index contributed by atoms with van der Waals surface area (Å²) in [6.45, 7) is 0.816. The molecule has 1 unspecified atom stereocenters. The molecule has 27 heavy (non-hydrogen) atoms. The second-order valence-electron chi connectivity index (χ2n) is 5.54. The Labute approximate surface area is 173 Å². The van der Waals surface area contributed by atoms with Crippen LogP contribution >= 0.6 is 39.3 Å². The van der Waals surface area contributed by atoms with Gasteiger partial charge in [-0.05, 0) is 46.3 Å². The Bertz CT molecular complexity index is 939. The highest BCUT2D eigenvalue weighted by atomic mass is 79.9. The van der Waals surface area contributed by atoms with Crippen LogP contribution < -0.4 is 14.2 Å². The third kappa shape index (κ3) is 4.51. The van der Waals surface area contributed by atoms with Gasteiger partial charge in [0.05, 0.1) is 11.1 Å². The molecule has 0 saturated heterocycles. The van der Waals surface area contributed by atoms with Gasteiger partial charge in [-0.2, -0.15) is 0 Å². The molecule has 1 atom stereocenters. The highest BCUT2D eigenvalue weighted by molar-refractivity contribution is 9.10. The zero-order valence-corrected chi connectivity index (χ0v) is 17.1. The van der Waals surface area contributed by atoms with Crippen molar-refractivity contribution in [1.82, 2.24) is 10.2 Å². The van der Waals surface area contributed by atoms with Crippen LogP contribution in [0.5, 0.6) is 17.2 Å². The molecule has 1 aromatic heterocycles. The molecule has 0 fully saturated rings. The lowest BCUT2D eigenvalue weighted by Gasteiger charge is -2.23. The molecule has 6 nitrogen and oxygen atoms in total. The van der Waals surface area contributed by atoms with Gasteiger partial charge in [0.25, 0.3) is 11.1 Å². The molecule has 0 spiro atoms. The summed E-state index contributed by atoms with van der Waals surface area (Å²) in [6.07, 6.45) is -0.414. The van der Waals surface area contributed by atoms with Crippen LogP contribution in [0.4, 0.5) is 0 Å². The molecule has 0 radical (unpaired) electrons. The fraction of sp³-hybridized carbons (Fsp3) is 0.222. The molecule has 0 N–H and O–H groups in total. The van der Waals surface area contributed by atoms with Crippen molar-refractivity contribution in [1.29, 1.82) is 0 Å². The van der Waals surface area contributed by atoms with Crippen molar-refractivity contribution in [3.05, 3.63) is 57.9 Å². The Hall–Kier alpha value is -1.90. The van der Waals surface area contributed by atoms with Crippen molar-refractivity contribution in [2.24, 2.45) is 0 Å². The third-order valence-corrected chi connectivity index (χ3v) is 5.30. The van der Waals surface area contributed by atoms with Gasteiger partial charge in [0.1, 0.15) is 12.4 Å². The Morgan fingerprint density at radius 3 is 2.89 bits per heavy atom. The number of rotatable bonds is 6. The number of hydrogen-bond donors (Lipinski definition) is 0. The van der Waals surface area contributed by atoms with Gasteiger partial charge in [0, 0.05) is 10.8 Å². The van der Waals surface area contributed by atoms with Gasteiger partial charge >= 0.3 is 0 Å². The third-order valence-electron chi connectivity index (χ3n) is 3.67. The maximum absolute atomic E-state index is 5.92. The maximum atomic E-state index is 5.92. The summed E-state index contributed by atoms with van der Waals surface area (Å²) in [7, 11) is 0. The fourth-order valence-corrected chi connectivity index (χ4v) is 3.80. The first-order chi connectivity index (χ1) is 13.2. The Morgan fingerprint density at radius 1 is 1.19 bits per heavy atom. The summed E-state index contributed by atoms with van der Waals surface area (Å²) in [5.74, 6) is 3.17. The van der Waals surface area contributed by atoms with E-state index in [0.29, 0.717) is 46.6 Å². The molecule has 2 heterocycles. The number of halogens is 2. The van der Waals surface area contributed by atoms with E-state index < -0.39 is 6.10 Å². The summed E-state index contributed by atoms with van der Waals surface area (Å²) < 4.78 is 23.8. The van der Waals surface area contributed by atoms with Crippen LogP contribution in [0.15, 0.2) is 56.6 Å². The molecule has 0 amide bonds. The number of nitrogens with zero attached hydrogens (tertiary/aromatic N) is 2. The van der Waals surface area contributed by atoms with E-state index in [-0.39, 0.29) is 0 Å². The molecule has 4 rings (SSSR count). The molecule has 1 aliphatic heterocycles. The van der Waals surface area contributed by atoms with Gasteiger partial charge in [-0.3, -0.25) is 0 Å². The van der Waals surface area contributed by atoms with E-state index in [1.54, 1.807) is 12.1 Å². The highest BCUT2D eigenvalue weighted by Crippen LogP contribution is 2.36. The van der Waals surface area contributed by atoms with E-state index in [1.807, 2.05) is 30.3 Å². The normalized spacial score (nSPS) is 15.6. The summed E-state index contributed by atoms with van der Waals surface area (Å²) in [5, 5.41) is 9.23. The van der Waals surface area contributed by atoms with Crippen molar-refractivity contribution in [3.63, 3.8) is 0 Å². The van der Waals surface area contributed by atoms with Crippen LogP contribution in [-0.4, -0.2) is 29.2 Å². The van der Waals surface area contributed by atoms with Gasteiger partial charge in [-0.25, -0.2) is 0 Å². The molecule has 9 heteroatoms. The molecule has 1 aliphatic rings. The lowest BCUT2D eigenvalue weighted by atomic mass is 10.2. The van der Waals surface area contributed by atoms with Crippen molar-refractivity contribution in [2.75, 3.05) is 19.0 Å². The zero-order valence-electron chi connectivity index (χ0n) is 13.9. The summed E-state index contributed by atoms with van der Waals surface area (Å²) >= 11 is 10.8. The molecule has 0 aliphatic carbocycles. The Balaban J connectivity index is 1.29. The number of benzene rings is 2. The minimum atomic E-state index is -0.414. The first kappa shape index (κ1) is 18.5. The van der Waals surface area contributed by atoms with Crippen molar-refractivity contribution >= 4 is 39.3 Å². The predicted octanol–water partition coefficient (Wildman–Crippen LogP) is 5.17. The van der Waals surface area contributed by atoms with Crippen molar-refractivity contribution < 1.29 is 18.6 Å². The topological polar surface area (TPSA) is 66.6 Å². The molecule has 2 aromatic carbocycles. The Kier molecular flexibility index (Phi) is 5.75. The molecule has 140 valence electrons. The van der Waals surface area contributed by atoms with E-state index in [4.69, 9.17) is 30.2 Å². The van der Waals surface area contributed by atoms with Crippen LogP contribution in [0.3, 0.4) is 0 Å². The number of ether oxygens (including phenoxy) is 3. The first-order valence-electron chi connectivity index (χ1n) is 8.11. The second-order valence-corrected chi connectivity index (χ2v) is 7.88. The average molecular weight is 470 g/mol. The van der Waals surface area contributed by atoms with Crippen LogP contribution in [0.25, 0.3) is 0 Å². The largest absolute Gasteiger partial charge is 0.492 e. The van der Waals surface area contributed by atoms with E-state index >= 15 is 0 Å². The SMILES string of the molecule is Clc1ccc(OCCSc2nnc(C3COc4ccccc4O3)o2)c(Br)c1. The van der Waals surface area contributed by atoms with E-state index in [9.17, 15) is 0 Å². The van der Waals surface area contributed by atoms with Gasteiger partial charge in [-0.1, -0.05) is 35.5 Å². The van der Waals surface area contributed by atoms with Crippen LogP contribution in [-0.2, 0) is 0 Å².